The van der Waals surface area contributed by atoms with Crippen molar-refractivity contribution in [2.24, 2.45) is 0 Å². The summed E-state index contributed by atoms with van der Waals surface area (Å²) in [6.45, 7) is 5.08. The zero-order chi connectivity index (χ0) is 20.3. The fourth-order valence-electron chi connectivity index (χ4n) is 4.55. The Labute approximate surface area is 172 Å². The number of unbranched alkanes of at least 4 members (excludes halogenated alkanes) is 1. The van der Waals surface area contributed by atoms with E-state index in [0.29, 0.717) is 19.4 Å². The number of carbonyl (C=O) groups is 2. The highest BCUT2D eigenvalue weighted by Crippen LogP contribution is 2.40. The smallest absolute Gasteiger partial charge is 0.299 e. The highest BCUT2D eigenvalue weighted by Gasteiger charge is 2.58. The van der Waals surface area contributed by atoms with Crippen LogP contribution in [0, 0.1) is 0 Å². The summed E-state index contributed by atoms with van der Waals surface area (Å²) in [6.07, 6.45) is 3.14. The summed E-state index contributed by atoms with van der Waals surface area (Å²) < 4.78 is 0. The van der Waals surface area contributed by atoms with Crippen LogP contribution < -0.4 is 4.90 Å². The van der Waals surface area contributed by atoms with Crippen LogP contribution in [0.3, 0.4) is 0 Å². The number of imide groups is 1. The molecule has 2 fully saturated rings. The summed E-state index contributed by atoms with van der Waals surface area (Å²) in [6, 6.07) is 19.9. The quantitative estimate of drug-likeness (QED) is 0.690. The minimum atomic E-state index is -0.751. The van der Waals surface area contributed by atoms with Gasteiger partial charge in [-0.15, -0.1) is 0 Å². The second-order valence-electron chi connectivity index (χ2n) is 8.06. The molecule has 0 radical (unpaired) electrons. The van der Waals surface area contributed by atoms with Gasteiger partial charge in [0, 0.05) is 31.9 Å². The van der Waals surface area contributed by atoms with Gasteiger partial charge in [-0.3, -0.25) is 19.5 Å². The molecule has 0 atom stereocenters. The minimum Gasteiger partial charge on any atom is -0.299 e. The molecule has 2 aromatic rings. The molecule has 29 heavy (non-hydrogen) atoms. The van der Waals surface area contributed by atoms with Gasteiger partial charge in [0.15, 0.2) is 0 Å². The van der Waals surface area contributed by atoms with E-state index in [1.165, 1.54) is 10.5 Å². The molecular weight excluding hydrogens is 362 g/mol. The molecule has 2 aromatic carbocycles. The number of amides is 3. The van der Waals surface area contributed by atoms with Crippen molar-refractivity contribution in [3.63, 3.8) is 0 Å². The normalized spacial score (nSPS) is 19.3. The molecule has 152 valence electrons. The molecule has 2 saturated heterocycles. The molecule has 5 nitrogen and oxygen atoms in total. The van der Waals surface area contributed by atoms with Crippen LogP contribution >= 0.6 is 0 Å². The molecule has 2 aliphatic rings. The minimum absolute atomic E-state index is 0.0147. The largest absolute Gasteiger partial charge is 0.332 e. The van der Waals surface area contributed by atoms with E-state index in [1.807, 2.05) is 36.4 Å². The Morgan fingerprint density at radius 1 is 0.897 bits per heavy atom. The number of urea groups is 1. The molecule has 2 aliphatic heterocycles. The maximum absolute atomic E-state index is 13.5. The maximum Gasteiger partial charge on any atom is 0.332 e. The Morgan fingerprint density at radius 2 is 1.52 bits per heavy atom. The van der Waals surface area contributed by atoms with Crippen LogP contribution in [0.1, 0.15) is 38.2 Å². The highest BCUT2D eigenvalue weighted by atomic mass is 16.2. The van der Waals surface area contributed by atoms with E-state index in [9.17, 15) is 9.59 Å². The Kier molecular flexibility index (Phi) is 5.67. The summed E-state index contributed by atoms with van der Waals surface area (Å²) in [4.78, 5) is 32.4. The van der Waals surface area contributed by atoms with E-state index in [0.717, 1.165) is 38.2 Å². The third kappa shape index (κ3) is 3.67. The van der Waals surface area contributed by atoms with Crippen LogP contribution in [0.15, 0.2) is 60.7 Å². The summed E-state index contributed by atoms with van der Waals surface area (Å²) in [5, 5.41) is 0. The summed E-state index contributed by atoms with van der Waals surface area (Å²) in [5.74, 6) is -0.0147. The topological polar surface area (TPSA) is 43.9 Å². The predicted molar refractivity (Wildman–Crippen MR) is 115 cm³/mol. The number of benzene rings is 2. The van der Waals surface area contributed by atoms with E-state index < -0.39 is 5.54 Å². The predicted octanol–water partition coefficient (Wildman–Crippen LogP) is 4.29. The van der Waals surface area contributed by atoms with Crippen molar-refractivity contribution in [1.29, 1.82) is 0 Å². The third-order valence-electron chi connectivity index (χ3n) is 6.18. The molecule has 0 unspecified atom stereocenters. The van der Waals surface area contributed by atoms with Crippen molar-refractivity contribution in [1.82, 2.24) is 9.80 Å². The number of para-hydroxylation sites is 1. The lowest BCUT2D eigenvalue weighted by Crippen LogP contribution is -2.56. The average Bonchev–Trinajstić information content (AvgIpc) is 2.96. The lowest BCUT2D eigenvalue weighted by molar-refractivity contribution is -0.132. The van der Waals surface area contributed by atoms with Crippen LogP contribution in [-0.2, 0) is 11.3 Å². The SMILES string of the molecule is CCCCN1C(=O)N(c2ccccc2)C2(CCN(Cc3ccccc3)CC2)C1=O. The number of carbonyl (C=O) groups excluding carboxylic acids is 2. The number of hydrogen-bond acceptors (Lipinski definition) is 3. The first-order valence-electron chi connectivity index (χ1n) is 10.6. The van der Waals surface area contributed by atoms with Gasteiger partial charge in [0.25, 0.3) is 5.91 Å². The number of anilines is 1. The van der Waals surface area contributed by atoms with Crippen molar-refractivity contribution in [2.45, 2.75) is 44.7 Å². The molecule has 3 amide bonds. The van der Waals surface area contributed by atoms with Gasteiger partial charge in [-0.1, -0.05) is 61.9 Å². The van der Waals surface area contributed by atoms with Crippen LogP contribution in [-0.4, -0.2) is 46.9 Å². The van der Waals surface area contributed by atoms with E-state index in [-0.39, 0.29) is 11.9 Å². The Bertz CT molecular complexity index is 845. The second-order valence-corrected chi connectivity index (χ2v) is 8.06. The second kappa shape index (κ2) is 8.37. The van der Waals surface area contributed by atoms with Crippen molar-refractivity contribution in [3.8, 4) is 0 Å². The molecule has 0 N–H and O–H groups in total. The average molecular weight is 392 g/mol. The summed E-state index contributed by atoms with van der Waals surface area (Å²) in [7, 11) is 0. The van der Waals surface area contributed by atoms with Gasteiger partial charge in [-0.05, 0) is 37.0 Å². The zero-order valence-corrected chi connectivity index (χ0v) is 17.1. The Balaban J connectivity index is 1.57. The number of rotatable bonds is 6. The number of nitrogens with zero attached hydrogens (tertiary/aromatic N) is 3. The third-order valence-corrected chi connectivity index (χ3v) is 6.18. The summed E-state index contributed by atoms with van der Waals surface area (Å²) in [5.41, 5.74) is 1.35. The first-order chi connectivity index (χ1) is 14.2. The molecule has 0 aromatic heterocycles. The van der Waals surface area contributed by atoms with Crippen molar-refractivity contribution < 1.29 is 9.59 Å². The molecule has 2 heterocycles. The van der Waals surface area contributed by atoms with Gasteiger partial charge in [-0.2, -0.15) is 0 Å². The zero-order valence-electron chi connectivity index (χ0n) is 17.1. The van der Waals surface area contributed by atoms with E-state index in [1.54, 1.807) is 4.90 Å². The number of likely N-dealkylation sites (tertiary alicyclic amines) is 1. The van der Waals surface area contributed by atoms with Gasteiger partial charge in [0.1, 0.15) is 5.54 Å². The van der Waals surface area contributed by atoms with Gasteiger partial charge in [-0.25, -0.2) is 4.79 Å². The Morgan fingerprint density at radius 3 is 2.14 bits per heavy atom. The van der Waals surface area contributed by atoms with Crippen molar-refractivity contribution in [3.05, 3.63) is 66.2 Å². The van der Waals surface area contributed by atoms with Crippen LogP contribution in [0.25, 0.3) is 0 Å². The summed E-state index contributed by atoms with van der Waals surface area (Å²) >= 11 is 0. The van der Waals surface area contributed by atoms with Crippen molar-refractivity contribution >= 4 is 17.6 Å². The first-order valence-corrected chi connectivity index (χ1v) is 10.6. The van der Waals surface area contributed by atoms with Gasteiger partial charge < -0.3 is 0 Å². The fourth-order valence-corrected chi connectivity index (χ4v) is 4.55. The van der Waals surface area contributed by atoms with Crippen LogP contribution in [0.5, 0.6) is 0 Å². The van der Waals surface area contributed by atoms with Crippen LogP contribution in [0.4, 0.5) is 10.5 Å². The molecule has 5 heteroatoms. The maximum atomic E-state index is 13.5. The molecule has 0 bridgehead atoms. The van der Waals surface area contributed by atoms with Gasteiger partial charge in [0.05, 0.1) is 0 Å². The van der Waals surface area contributed by atoms with Crippen LogP contribution in [0.2, 0.25) is 0 Å². The lowest BCUT2D eigenvalue weighted by Gasteiger charge is -2.42. The van der Waals surface area contributed by atoms with E-state index in [2.05, 4.69) is 36.1 Å². The van der Waals surface area contributed by atoms with E-state index >= 15 is 0 Å². The highest BCUT2D eigenvalue weighted by molar-refractivity contribution is 6.16. The fraction of sp³-hybridized carbons (Fsp3) is 0.417. The Hall–Kier alpha value is -2.66. The first kappa shape index (κ1) is 19.6. The molecule has 0 aliphatic carbocycles. The van der Waals surface area contributed by atoms with Crippen molar-refractivity contribution in [2.75, 3.05) is 24.5 Å². The monoisotopic (exact) mass is 391 g/mol. The number of piperidine rings is 1. The molecule has 4 rings (SSSR count). The number of hydrogen-bond donors (Lipinski definition) is 0. The van der Waals surface area contributed by atoms with E-state index in [4.69, 9.17) is 0 Å². The molecule has 1 spiro atoms. The van der Waals surface area contributed by atoms with Gasteiger partial charge in [0.2, 0.25) is 0 Å². The standard InChI is InChI=1S/C24H29N3O2/c1-2-3-16-26-22(28)24(27(23(26)29)21-12-8-5-9-13-21)14-17-25(18-15-24)19-20-10-6-4-7-11-20/h4-13H,2-3,14-19H2,1H3. The van der Waals surface area contributed by atoms with Gasteiger partial charge >= 0.3 is 6.03 Å². The molecular formula is C24H29N3O2. The lowest BCUT2D eigenvalue weighted by atomic mass is 9.85. The molecule has 0 saturated carbocycles.